The van der Waals surface area contributed by atoms with Crippen LogP contribution in [0.4, 0.5) is 10.6 Å². The van der Waals surface area contributed by atoms with Gasteiger partial charge in [-0.1, -0.05) is 19.9 Å². The van der Waals surface area contributed by atoms with Gasteiger partial charge in [-0.05, 0) is 19.1 Å². The van der Waals surface area contributed by atoms with Crippen molar-refractivity contribution in [3.8, 4) is 0 Å². The lowest BCUT2D eigenvalue weighted by molar-refractivity contribution is -0.0276. The predicted molar refractivity (Wildman–Crippen MR) is 86.6 cm³/mol. The van der Waals surface area contributed by atoms with Crippen LogP contribution >= 0.6 is 0 Å². The maximum Gasteiger partial charge on any atom is 0.323 e. The van der Waals surface area contributed by atoms with Gasteiger partial charge >= 0.3 is 6.03 Å². The maximum absolute atomic E-state index is 12.4. The highest BCUT2D eigenvalue weighted by Crippen LogP contribution is 2.23. The third kappa shape index (κ3) is 3.70. The summed E-state index contributed by atoms with van der Waals surface area (Å²) in [6.45, 7) is 7.11. The van der Waals surface area contributed by atoms with Gasteiger partial charge in [-0.3, -0.25) is 5.32 Å². The minimum absolute atomic E-state index is 0.154. The summed E-state index contributed by atoms with van der Waals surface area (Å²) in [5.74, 6) is 1.66. The molecule has 8 nitrogen and oxygen atoms in total. The highest BCUT2D eigenvalue weighted by atomic mass is 16.5. The van der Waals surface area contributed by atoms with E-state index in [2.05, 4.69) is 20.5 Å². The number of carbonyl (C=O) groups excluding carboxylic acids is 1. The monoisotopic (exact) mass is 331 g/mol. The summed E-state index contributed by atoms with van der Waals surface area (Å²) in [5.41, 5.74) is 0.847. The Balaban J connectivity index is 1.65. The molecule has 3 heterocycles. The van der Waals surface area contributed by atoms with E-state index in [9.17, 15) is 4.79 Å². The molecular formula is C16H21N5O3. The molecule has 1 N–H and O–H groups in total. The second-order valence-electron chi connectivity index (χ2n) is 6.03. The van der Waals surface area contributed by atoms with E-state index in [1.54, 1.807) is 11.0 Å². The van der Waals surface area contributed by atoms with E-state index in [1.165, 1.54) is 0 Å². The number of rotatable bonds is 3. The Morgan fingerprint density at radius 3 is 2.92 bits per heavy atom. The van der Waals surface area contributed by atoms with E-state index >= 15 is 0 Å². The highest BCUT2D eigenvalue weighted by molar-refractivity contribution is 5.88. The van der Waals surface area contributed by atoms with E-state index in [1.807, 2.05) is 32.9 Å². The molecule has 8 heteroatoms. The molecule has 0 aliphatic carbocycles. The normalized spacial score (nSPS) is 18.0. The van der Waals surface area contributed by atoms with Gasteiger partial charge in [-0.25, -0.2) is 9.78 Å². The zero-order chi connectivity index (χ0) is 17.1. The molecule has 0 radical (unpaired) electrons. The topological polar surface area (TPSA) is 93.4 Å². The van der Waals surface area contributed by atoms with Gasteiger partial charge in [0.15, 0.2) is 6.10 Å². The summed E-state index contributed by atoms with van der Waals surface area (Å²) in [4.78, 5) is 18.4. The number of ether oxygens (including phenoxy) is 1. The molecule has 2 aromatic heterocycles. The number of hydrogen-bond acceptors (Lipinski definition) is 6. The fourth-order valence-corrected chi connectivity index (χ4v) is 2.39. The van der Waals surface area contributed by atoms with Crippen LogP contribution in [0, 0.1) is 6.92 Å². The predicted octanol–water partition coefficient (Wildman–Crippen LogP) is 2.50. The van der Waals surface area contributed by atoms with Crippen molar-refractivity contribution in [3.63, 3.8) is 0 Å². The lowest BCUT2D eigenvalue weighted by Crippen LogP contribution is -2.44. The van der Waals surface area contributed by atoms with Crippen LogP contribution < -0.4 is 5.32 Å². The van der Waals surface area contributed by atoms with E-state index in [4.69, 9.17) is 9.15 Å². The smallest absolute Gasteiger partial charge is 0.323 e. The summed E-state index contributed by atoms with van der Waals surface area (Å²) < 4.78 is 11.3. The van der Waals surface area contributed by atoms with Crippen molar-refractivity contribution in [1.82, 2.24) is 20.1 Å². The summed E-state index contributed by atoms with van der Waals surface area (Å²) in [5, 5.41) is 10.9. The molecule has 0 unspecified atom stereocenters. The van der Waals surface area contributed by atoms with Crippen LogP contribution in [-0.4, -0.2) is 45.8 Å². The van der Waals surface area contributed by atoms with Crippen molar-refractivity contribution in [1.29, 1.82) is 0 Å². The first-order valence-electron chi connectivity index (χ1n) is 7.97. The first-order valence-corrected chi connectivity index (χ1v) is 7.97. The van der Waals surface area contributed by atoms with Crippen LogP contribution in [0.25, 0.3) is 0 Å². The first-order chi connectivity index (χ1) is 11.5. The van der Waals surface area contributed by atoms with Crippen LogP contribution in [0.15, 0.2) is 22.6 Å². The van der Waals surface area contributed by atoms with Gasteiger partial charge in [-0.2, -0.15) is 0 Å². The van der Waals surface area contributed by atoms with Crippen molar-refractivity contribution >= 4 is 11.8 Å². The molecule has 2 aromatic rings. The number of anilines is 1. The molecule has 0 saturated carbocycles. The second kappa shape index (κ2) is 6.96. The first kappa shape index (κ1) is 16.4. The number of urea groups is 1. The number of aromatic nitrogens is 3. The number of hydrogen-bond donors (Lipinski definition) is 1. The summed E-state index contributed by atoms with van der Waals surface area (Å²) in [6.07, 6.45) is -0.407. The summed E-state index contributed by atoms with van der Waals surface area (Å²) in [6, 6.07) is 5.27. The largest absolute Gasteiger partial charge is 0.422 e. The molecule has 0 spiro atoms. The second-order valence-corrected chi connectivity index (χ2v) is 6.03. The van der Waals surface area contributed by atoms with Gasteiger partial charge < -0.3 is 14.1 Å². The minimum atomic E-state index is -0.407. The van der Waals surface area contributed by atoms with Gasteiger partial charge in [-0.15, -0.1) is 10.2 Å². The van der Waals surface area contributed by atoms with Crippen LogP contribution in [-0.2, 0) is 4.74 Å². The molecule has 1 saturated heterocycles. The fraction of sp³-hybridized carbons (Fsp3) is 0.500. The van der Waals surface area contributed by atoms with Gasteiger partial charge in [0.1, 0.15) is 5.82 Å². The number of pyridine rings is 1. The van der Waals surface area contributed by atoms with Gasteiger partial charge in [0.2, 0.25) is 11.8 Å². The van der Waals surface area contributed by atoms with Crippen molar-refractivity contribution in [2.75, 3.05) is 25.0 Å². The number of morpholine rings is 1. The Kier molecular flexibility index (Phi) is 4.75. The number of nitrogens with zero attached hydrogens (tertiary/aromatic N) is 4. The van der Waals surface area contributed by atoms with Gasteiger partial charge in [0, 0.05) is 18.2 Å². The average Bonchev–Trinajstić information content (AvgIpc) is 3.05. The Morgan fingerprint density at radius 1 is 1.38 bits per heavy atom. The van der Waals surface area contributed by atoms with Crippen LogP contribution in [0.1, 0.15) is 43.3 Å². The van der Waals surface area contributed by atoms with Crippen molar-refractivity contribution in [2.24, 2.45) is 0 Å². The lowest BCUT2D eigenvalue weighted by atomic mass is 10.2. The summed E-state index contributed by atoms with van der Waals surface area (Å²) in [7, 11) is 0. The zero-order valence-corrected chi connectivity index (χ0v) is 14.0. The third-order valence-electron chi connectivity index (χ3n) is 3.70. The number of carbonyl (C=O) groups is 1. The zero-order valence-electron chi connectivity index (χ0n) is 14.0. The van der Waals surface area contributed by atoms with E-state index < -0.39 is 6.10 Å². The molecule has 0 bridgehead atoms. The molecular weight excluding hydrogens is 310 g/mol. The molecule has 128 valence electrons. The molecule has 3 rings (SSSR count). The summed E-state index contributed by atoms with van der Waals surface area (Å²) >= 11 is 0. The molecule has 1 atom stereocenters. The maximum atomic E-state index is 12.4. The van der Waals surface area contributed by atoms with Crippen molar-refractivity contribution in [2.45, 2.75) is 32.8 Å². The van der Waals surface area contributed by atoms with Crippen LogP contribution in [0.2, 0.25) is 0 Å². The molecule has 0 aromatic carbocycles. The highest BCUT2D eigenvalue weighted by Gasteiger charge is 2.29. The van der Waals surface area contributed by atoms with Crippen molar-refractivity contribution < 1.29 is 13.9 Å². The molecule has 1 aliphatic heterocycles. The average molecular weight is 331 g/mol. The SMILES string of the molecule is Cc1cccc(NC(=O)N2CCO[C@@H](c3nnc(C(C)C)o3)C2)n1. The van der Waals surface area contributed by atoms with Crippen LogP contribution in [0.5, 0.6) is 0 Å². The number of nitrogens with one attached hydrogen (secondary N) is 1. The Hall–Kier alpha value is -2.48. The number of aryl methyl sites for hydroxylation is 1. The molecule has 2 amide bonds. The third-order valence-corrected chi connectivity index (χ3v) is 3.70. The quantitative estimate of drug-likeness (QED) is 0.929. The Morgan fingerprint density at radius 2 is 2.21 bits per heavy atom. The number of amides is 2. The van der Waals surface area contributed by atoms with E-state index in [0.717, 1.165) is 5.69 Å². The minimum Gasteiger partial charge on any atom is -0.422 e. The Labute approximate surface area is 140 Å². The lowest BCUT2D eigenvalue weighted by Gasteiger charge is -2.31. The van der Waals surface area contributed by atoms with E-state index in [-0.39, 0.29) is 11.9 Å². The van der Waals surface area contributed by atoms with E-state index in [0.29, 0.717) is 37.3 Å². The van der Waals surface area contributed by atoms with Crippen molar-refractivity contribution in [3.05, 3.63) is 35.7 Å². The Bertz CT molecular complexity index is 715. The molecule has 24 heavy (non-hydrogen) atoms. The van der Waals surface area contributed by atoms with Crippen LogP contribution in [0.3, 0.4) is 0 Å². The van der Waals surface area contributed by atoms with Gasteiger partial charge in [0.05, 0.1) is 13.2 Å². The fourth-order valence-electron chi connectivity index (χ4n) is 2.39. The molecule has 1 fully saturated rings. The standard InChI is InChI=1S/C16H21N5O3/c1-10(2)14-19-20-15(24-14)12-9-21(7-8-23-12)16(22)18-13-6-4-5-11(3)17-13/h4-6,10,12H,7-9H2,1-3H3,(H,17,18,22)/t12-/m1/s1. The molecule has 1 aliphatic rings. The van der Waals surface area contributed by atoms with Gasteiger partial charge in [0.25, 0.3) is 0 Å².